The zero-order valence-corrected chi connectivity index (χ0v) is 6.71. The second kappa shape index (κ2) is 2.06. The number of nitrogens with zero attached hydrogens (tertiary/aromatic N) is 1. The van der Waals surface area contributed by atoms with Gasteiger partial charge in [0.15, 0.2) is 0 Å². The lowest BCUT2D eigenvalue weighted by Crippen LogP contribution is -2.57. The van der Waals surface area contributed by atoms with Gasteiger partial charge in [-0.3, -0.25) is 4.98 Å². The number of rotatable bonds is 0. The molecule has 0 radical (unpaired) electrons. The van der Waals surface area contributed by atoms with Crippen LogP contribution in [0, 0.1) is 0 Å². The van der Waals surface area contributed by atoms with E-state index in [0.717, 1.165) is 25.4 Å². The Morgan fingerprint density at radius 2 is 2.42 bits per heavy atom. The van der Waals surface area contributed by atoms with Crippen LogP contribution in [0.3, 0.4) is 0 Å². The van der Waals surface area contributed by atoms with Crippen LogP contribution in [0.4, 0.5) is 0 Å². The van der Waals surface area contributed by atoms with E-state index in [1.165, 1.54) is 5.56 Å². The Kier molecular flexibility index (Phi) is 1.13. The van der Waals surface area contributed by atoms with Crippen molar-refractivity contribution in [1.82, 2.24) is 10.3 Å². The van der Waals surface area contributed by atoms with Crippen LogP contribution < -0.4 is 5.32 Å². The minimum atomic E-state index is -0.0728. The molecule has 0 bridgehead atoms. The molecule has 0 amide bonds. The fourth-order valence-corrected chi connectivity index (χ4v) is 1.87. The van der Waals surface area contributed by atoms with Crippen molar-refractivity contribution in [1.29, 1.82) is 0 Å². The van der Waals surface area contributed by atoms with E-state index in [0.29, 0.717) is 0 Å². The summed E-state index contributed by atoms with van der Waals surface area (Å²) in [6.07, 6.45) is 1.84. The Bertz CT molecular complexity index is 320. The Labute approximate surface area is 70.8 Å². The summed E-state index contributed by atoms with van der Waals surface area (Å²) in [5, 5.41) is 3.22. The van der Waals surface area contributed by atoms with E-state index in [-0.39, 0.29) is 5.60 Å². The first-order valence-corrected chi connectivity index (χ1v) is 4.20. The molecule has 0 saturated carbocycles. The first-order valence-electron chi connectivity index (χ1n) is 4.20. The average Bonchev–Trinajstić information content (AvgIpc) is 2.42. The van der Waals surface area contributed by atoms with Crippen LogP contribution in [-0.2, 0) is 16.9 Å². The van der Waals surface area contributed by atoms with Crippen LogP contribution in [0.1, 0.15) is 11.3 Å². The molecule has 3 heterocycles. The van der Waals surface area contributed by atoms with Gasteiger partial charge in [-0.05, 0) is 6.07 Å². The zero-order valence-electron chi connectivity index (χ0n) is 6.71. The maximum atomic E-state index is 5.72. The van der Waals surface area contributed by atoms with Gasteiger partial charge in [0.1, 0.15) is 5.60 Å². The third-order valence-electron chi connectivity index (χ3n) is 2.65. The lowest BCUT2D eigenvalue weighted by atomic mass is 9.92. The van der Waals surface area contributed by atoms with Crippen molar-refractivity contribution in [2.24, 2.45) is 0 Å². The molecule has 62 valence electrons. The van der Waals surface area contributed by atoms with Crippen molar-refractivity contribution in [2.75, 3.05) is 13.1 Å². The number of pyridine rings is 1. The molecule has 0 unspecified atom stereocenters. The third-order valence-corrected chi connectivity index (χ3v) is 2.65. The first-order chi connectivity index (χ1) is 5.91. The first kappa shape index (κ1) is 6.57. The maximum Gasteiger partial charge on any atom is 0.135 e. The Balaban J connectivity index is 2.13. The average molecular weight is 162 g/mol. The van der Waals surface area contributed by atoms with Gasteiger partial charge in [-0.1, -0.05) is 6.07 Å². The molecule has 1 aromatic heterocycles. The lowest BCUT2D eigenvalue weighted by Gasteiger charge is -2.37. The van der Waals surface area contributed by atoms with Gasteiger partial charge in [0.25, 0.3) is 0 Å². The van der Waals surface area contributed by atoms with Gasteiger partial charge < -0.3 is 10.1 Å². The summed E-state index contributed by atoms with van der Waals surface area (Å²) in [7, 11) is 0. The van der Waals surface area contributed by atoms with Crippen LogP contribution in [0.5, 0.6) is 0 Å². The summed E-state index contributed by atoms with van der Waals surface area (Å²) in [5.41, 5.74) is 2.32. The number of ether oxygens (including phenoxy) is 1. The van der Waals surface area contributed by atoms with Gasteiger partial charge in [0.2, 0.25) is 0 Å². The molecule has 3 nitrogen and oxygen atoms in total. The number of nitrogens with one attached hydrogen (secondary N) is 1. The third kappa shape index (κ3) is 0.653. The fourth-order valence-electron chi connectivity index (χ4n) is 1.87. The predicted molar refractivity (Wildman–Crippen MR) is 43.6 cm³/mol. The molecule has 1 N–H and O–H groups in total. The van der Waals surface area contributed by atoms with E-state index in [9.17, 15) is 0 Å². The molecular weight excluding hydrogens is 152 g/mol. The standard InChI is InChI=1S/C9H10N2O/c1-2-7-4-12-9(5-10-6-9)8(7)11-3-1/h1-3,10H,4-6H2. The lowest BCUT2D eigenvalue weighted by molar-refractivity contribution is -0.0768. The highest BCUT2D eigenvalue weighted by atomic mass is 16.5. The van der Waals surface area contributed by atoms with E-state index in [1.54, 1.807) is 0 Å². The maximum absolute atomic E-state index is 5.72. The summed E-state index contributed by atoms with van der Waals surface area (Å²) in [5.74, 6) is 0. The summed E-state index contributed by atoms with van der Waals surface area (Å²) in [6.45, 7) is 2.55. The van der Waals surface area contributed by atoms with Crippen molar-refractivity contribution in [3.05, 3.63) is 29.6 Å². The molecule has 0 aromatic carbocycles. The van der Waals surface area contributed by atoms with Crippen molar-refractivity contribution < 1.29 is 4.74 Å². The minimum absolute atomic E-state index is 0.0728. The highest BCUT2D eigenvalue weighted by Crippen LogP contribution is 2.37. The molecule has 1 spiro atoms. The van der Waals surface area contributed by atoms with E-state index >= 15 is 0 Å². The van der Waals surface area contributed by atoms with Gasteiger partial charge in [0, 0.05) is 24.8 Å². The molecule has 0 atom stereocenters. The smallest absolute Gasteiger partial charge is 0.135 e. The van der Waals surface area contributed by atoms with E-state index in [4.69, 9.17) is 4.74 Å². The monoisotopic (exact) mass is 162 g/mol. The molecule has 3 rings (SSSR count). The molecular formula is C9H10N2O. The van der Waals surface area contributed by atoms with E-state index in [2.05, 4.69) is 16.4 Å². The van der Waals surface area contributed by atoms with E-state index in [1.807, 2.05) is 12.3 Å². The predicted octanol–water partition coefficient (Wildman–Crippen LogP) is 0.410. The minimum Gasteiger partial charge on any atom is -0.361 e. The van der Waals surface area contributed by atoms with Crippen molar-refractivity contribution >= 4 is 0 Å². The topological polar surface area (TPSA) is 34.1 Å². The molecule has 1 fully saturated rings. The second-order valence-electron chi connectivity index (χ2n) is 3.40. The van der Waals surface area contributed by atoms with Crippen LogP contribution >= 0.6 is 0 Å². The van der Waals surface area contributed by atoms with Crippen molar-refractivity contribution in [3.8, 4) is 0 Å². The largest absolute Gasteiger partial charge is 0.361 e. The molecule has 1 aromatic rings. The zero-order chi connectivity index (χ0) is 8.02. The van der Waals surface area contributed by atoms with Gasteiger partial charge >= 0.3 is 0 Å². The number of aromatic nitrogens is 1. The molecule has 3 heteroatoms. The van der Waals surface area contributed by atoms with Crippen LogP contribution in [0.25, 0.3) is 0 Å². The molecule has 2 aliphatic heterocycles. The number of hydrogen-bond donors (Lipinski definition) is 1. The van der Waals surface area contributed by atoms with Crippen LogP contribution in [-0.4, -0.2) is 18.1 Å². The highest BCUT2D eigenvalue weighted by molar-refractivity contribution is 5.31. The Morgan fingerprint density at radius 3 is 3.17 bits per heavy atom. The SMILES string of the molecule is c1cnc2c(c1)COC21CNC1. The summed E-state index contributed by atoms with van der Waals surface area (Å²) < 4.78 is 5.72. The normalized spacial score (nSPS) is 23.7. The van der Waals surface area contributed by atoms with Crippen LogP contribution in [0.15, 0.2) is 18.3 Å². The van der Waals surface area contributed by atoms with E-state index < -0.39 is 0 Å². The fraction of sp³-hybridized carbons (Fsp3) is 0.444. The summed E-state index contributed by atoms with van der Waals surface area (Å²) in [4.78, 5) is 4.37. The van der Waals surface area contributed by atoms with Gasteiger partial charge in [0.05, 0.1) is 12.3 Å². The quantitative estimate of drug-likeness (QED) is 0.600. The van der Waals surface area contributed by atoms with Crippen molar-refractivity contribution in [2.45, 2.75) is 12.2 Å². The molecule has 0 aliphatic carbocycles. The van der Waals surface area contributed by atoms with Crippen LogP contribution in [0.2, 0.25) is 0 Å². The summed E-state index contributed by atoms with van der Waals surface area (Å²) in [6, 6.07) is 4.06. The van der Waals surface area contributed by atoms with Gasteiger partial charge in [-0.25, -0.2) is 0 Å². The second-order valence-corrected chi connectivity index (χ2v) is 3.40. The molecule has 1 saturated heterocycles. The summed E-state index contributed by atoms with van der Waals surface area (Å²) >= 11 is 0. The Morgan fingerprint density at radius 1 is 1.50 bits per heavy atom. The van der Waals surface area contributed by atoms with Gasteiger partial charge in [-0.2, -0.15) is 0 Å². The van der Waals surface area contributed by atoms with Gasteiger partial charge in [-0.15, -0.1) is 0 Å². The van der Waals surface area contributed by atoms with Crippen molar-refractivity contribution in [3.63, 3.8) is 0 Å². The molecule has 2 aliphatic rings. The Hall–Kier alpha value is -0.930. The molecule has 12 heavy (non-hydrogen) atoms. The highest BCUT2D eigenvalue weighted by Gasteiger charge is 2.46. The number of fused-ring (bicyclic) bond motifs is 2. The number of hydrogen-bond acceptors (Lipinski definition) is 3.